The molecule has 0 radical (unpaired) electrons. The topological polar surface area (TPSA) is 202 Å². The molecule has 0 amide bonds. The molecule has 0 aliphatic carbocycles. The first-order chi connectivity index (χ1) is 7.54. The van der Waals surface area contributed by atoms with Crippen LogP contribution in [0.2, 0.25) is 0 Å². The maximum atomic E-state index is 10.2. The van der Waals surface area contributed by atoms with Gasteiger partial charge >= 0.3 is 35.4 Å². The summed E-state index contributed by atoms with van der Waals surface area (Å²) in [5, 5.41) is 8.38. The van der Waals surface area contributed by atoms with Gasteiger partial charge in [-0.05, 0) is 12.8 Å². The van der Waals surface area contributed by atoms with Crippen molar-refractivity contribution in [3.63, 3.8) is 0 Å². The Morgan fingerprint density at radius 2 is 1.71 bits per heavy atom. The van der Waals surface area contributed by atoms with Crippen LogP contribution in [0.25, 0.3) is 0 Å². The van der Waals surface area contributed by atoms with Crippen molar-refractivity contribution in [2.45, 2.75) is 18.9 Å². The molecule has 0 saturated carbocycles. The zero-order valence-corrected chi connectivity index (χ0v) is 10.6. The molecule has 0 aromatic rings. The average Bonchev–Trinajstić information content (AvgIpc) is 2.08. The molecule has 102 valence electrons. The number of guanidine groups is 1. The summed E-state index contributed by atoms with van der Waals surface area (Å²) in [5.74, 6) is -0.987. The Kier molecular flexibility index (Phi) is 9.42. The Morgan fingerprint density at radius 1 is 1.29 bits per heavy atom. The summed E-state index contributed by atoms with van der Waals surface area (Å²) in [7, 11) is 0. The first-order valence-corrected chi connectivity index (χ1v) is 7.20. The normalized spacial score (nSPS) is 11.9. The summed E-state index contributed by atoms with van der Waals surface area (Å²) in [6.45, 7) is 0.420. The van der Waals surface area contributed by atoms with E-state index >= 15 is 0 Å². The Labute approximate surface area is 99.4 Å². The molecule has 17 heavy (non-hydrogen) atoms. The van der Waals surface area contributed by atoms with E-state index in [2.05, 4.69) is 4.99 Å². The fourth-order valence-electron chi connectivity index (χ4n) is 0.643. The molecular formula is C6H16N4O6Se. The predicted octanol–water partition coefficient (Wildman–Crippen LogP) is -3.28. The van der Waals surface area contributed by atoms with E-state index in [1.807, 2.05) is 0 Å². The van der Waals surface area contributed by atoms with Gasteiger partial charge in [-0.15, -0.1) is 0 Å². The number of nitrogens with two attached hydrogens (primary N) is 3. The van der Waals surface area contributed by atoms with Crippen LogP contribution in [0.3, 0.4) is 0 Å². The van der Waals surface area contributed by atoms with Crippen LogP contribution in [0.5, 0.6) is 0 Å². The minimum atomic E-state index is -5.25. The van der Waals surface area contributed by atoms with Crippen molar-refractivity contribution in [1.82, 2.24) is 0 Å². The summed E-state index contributed by atoms with van der Waals surface area (Å²) in [5.41, 5.74) is 15.3. The molecule has 0 aliphatic heterocycles. The van der Waals surface area contributed by atoms with Gasteiger partial charge in [0.1, 0.15) is 6.04 Å². The van der Waals surface area contributed by atoms with Gasteiger partial charge in [0.25, 0.3) is 0 Å². The molecule has 0 spiro atoms. The van der Waals surface area contributed by atoms with E-state index in [0.29, 0.717) is 19.4 Å². The summed E-state index contributed by atoms with van der Waals surface area (Å²) in [6, 6.07) is -0.820. The maximum absolute atomic E-state index is 10.2. The van der Waals surface area contributed by atoms with Crippen molar-refractivity contribution in [1.29, 1.82) is 0 Å². The van der Waals surface area contributed by atoms with Crippen LogP contribution in [-0.2, 0) is 12.5 Å². The standard InChI is InChI=1S/C6H14N4O2.H2O4Se/c7-4(5(11)12)2-1-3-10-6(8)9;1-5(2,3)4/h4H,1-3,7H2,(H,11,12)(H4,8,9,10);(H2,1,2,3,4). The minimum absolute atomic E-state index is 0.0129. The molecule has 0 fully saturated rings. The van der Waals surface area contributed by atoms with E-state index in [-0.39, 0.29) is 5.96 Å². The molecular weight excluding hydrogens is 303 g/mol. The van der Waals surface area contributed by atoms with Crippen LogP contribution < -0.4 is 17.2 Å². The predicted molar refractivity (Wildman–Crippen MR) is 57.1 cm³/mol. The quantitative estimate of drug-likeness (QED) is 0.130. The molecule has 0 heterocycles. The van der Waals surface area contributed by atoms with Crippen LogP contribution >= 0.6 is 0 Å². The van der Waals surface area contributed by atoms with Gasteiger partial charge < -0.3 is 22.3 Å². The number of hydrogen-bond donors (Lipinski definition) is 6. The molecule has 0 aliphatic rings. The third-order valence-electron chi connectivity index (χ3n) is 1.28. The van der Waals surface area contributed by atoms with Crippen molar-refractivity contribution in [3.05, 3.63) is 0 Å². The number of hydrogen-bond acceptors (Lipinski definition) is 5. The molecule has 0 aromatic carbocycles. The molecule has 0 saturated heterocycles. The molecule has 1 atom stereocenters. The first-order valence-electron chi connectivity index (χ1n) is 4.27. The van der Waals surface area contributed by atoms with E-state index in [1.165, 1.54) is 0 Å². The van der Waals surface area contributed by atoms with Crippen LogP contribution in [0.15, 0.2) is 4.99 Å². The average molecular weight is 319 g/mol. The number of rotatable bonds is 5. The van der Waals surface area contributed by atoms with Gasteiger partial charge in [0.05, 0.1) is 0 Å². The number of aliphatic imine (C=N–C) groups is 1. The fourth-order valence-corrected chi connectivity index (χ4v) is 0.643. The summed E-state index contributed by atoms with van der Waals surface area (Å²) in [6.07, 6.45) is 0.956. The van der Waals surface area contributed by atoms with Gasteiger partial charge in [-0.1, -0.05) is 0 Å². The molecule has 11 heteroatoms. The van der Waals surface area contributed by atoms with Crippen molar-refractivity contribution >= 4 is 25.3 Å². The number of carboxylic acids is 1. The van der Waals surface area contributed by atoms with Crippen LogP contribution in [0.1, 0.15) is 12.8 Å². The van der Waals surface area contributed by atoms with E-state index < -0.39 is 25.4 Å². The summed E-state index contributed by atoms with van der Waals surface area (Å²) < 4.78 is 31.9. The van der Waals surface area contributed by atoms with Gasteiger partial charge in [0.15, 0.2) is 5.96 Å². The Hall–Kier alpha value is -1.26. The molecule has 10 nitrogen and oxygen atoms in total. The monoisotopic (exact) mass is 320 g/mol. The second-order valence-corrected chi connectivity index (χ2v) is 4.72. The molecule has 0 bridgehead atoms. The van der Waals surface area contributed by atoms with Crippen molar-refractivity contribution < 1.29 is 25.9 Å². The SMILES string of the molecule is NC(N)=NCCCC(N)C(=O)O.O=[Se](=O)(O)O. The molecule has 9 N–H and O–H groups in total. The van der Waals surface area contributed by atoms with Crippen molar-refractivity contribution in [3.8, 4) is 0 Å². The Balaban J connectivity index is 0. The van der Waals surface area contributed by atoms with Gasteiger partial charge in [0, 0.05) is 6.54 Å². The molecule has 0 aromatic heterocycles. The third-order valence-corrected chi connectivity index (χ3v) is 1.28. The molecule has 1 unspecified atom stereocenters. The molecule has 0 rings (SSSR count). The van der Waals surface area contributed by atoms with Gasteiger partial charge in [0.2, 0.25) is 0 Å². The zero-order valence-electron chi connectivity index (χ0n) is 8.85. The summed E-state index contributed by atoms with van der Waals surface area (Å²) >= 11 is -5.25. The number of carbonyl (C=O) groups is 1. The van der Waals surface area contributed by atoms with Crippen molar-refractivity contribution in [2.24, 2.45) is 22.2 Å². The second kappa shape index (κ2) is 8.84. The van der Waals surface area contributed by atoms with E-state index in [1.54, 1.807) is 0 Å². The Morgan fingerprint density at radius 3 is 2.00 bits per heavy atom. The fraction of sp³-hybridized carbons (Fsp3) is 0.667. The second-order valence-electron chi connectivity index (χ2n) is 2.84. The van der Waals surface area contributed by atoms with E-state index in [4.69, 9.17) is 38.4 Å². The Bertz CT molecular complexity index is 342. The van der Waals surface area contributed by atoms with Crippen LogP contribution in [0.4, 0.5) is 0 Å². The zero-order chi connectivity index (χ0) is 14.1. The third kappa shape index (κ3) is 25.2. The van der Waals surface area contributed by atoms with Gasteiger partial charge in [-0.3, -0.25) is 9.79 Å². The van der Waals surface area contributed by atoms with Gasteiger partial charge in [-0.2, -0.15) is 0 Å². The summed E-state index contributed by atoms with van der Waals surface area (Å²) in [4.78, 5) is 13.9. The van der Waals surface area contributed by atoms with Crippen LogP contribution in [0, 0.1) is 0 Å². The number of aliphatic carboxylic acids is 1. The number of nitrogens with zero attached hydrogens (tertiary/aromatic N) is 1. The first kappa shape index (κ1) is 18.1. The number of carboxylic acid groups (broad SMARTS) is 1. The van der Waals surface area contributed by atoms with Crippen molar-refractivity contribution in [2.75, 3.05) is 6.54 Å². The van der Waals surface area contributed by atoms with E-state index in [0.717, 1.165) is 0 Å². The van der Waals surface area contributed by atoms with Gasteiger partial charge in [-0.25, -0.2) is 0 Å². The van der Waals surface area contributed by atoms with Crippen LogP contribution in [-0.4, -0.2) is 51.4 Å². The van der Waals surface area contributed by atoms with E-state index in [9.17, 15) is 4.79 Å².